The number of carboxylic acid groups (broad SMARTS) is 1. The van der Waals surface area contributed by atoms with E-state index >= 15 is 0 Å². The topological polar surface area (TPSA) is 87.5 Å². The number of hydrogen-bond donors (Lipinski definition) is 2. The van der Waals surface area contributed by atoms with Crippen LogP contribution >= 0.6 is 0 Å². The van der Waals surface area contributed by atoms with Crippen LogP contribution in [0.5, 0.6) is 0 Å². The van der Waals surface area contributed by atoms with E-state index in [1.807, 2.05) is 19.2 Å². The van der Waals surface area contributed by atoms with Gasteiger partial charge >= 0.3 is 12.1 Å². The van der Waals surface area contributed by atoms with Crippen molar-refractivity contribution in [2.24, 2.45) is 7.05 Å². The van der Waals surface area contributed by atoms with E-state index in [1.54, 1.807) is 4.68 Å². The number of fused-ring (bicyclic) bond motifs is 1. The van der Waals surface area contributed by atoms with Gasteiger partial charge in [-0.15, -0.1) is 0 Å². The molecule has 0 bridgehead atoms. The van der Waals surface area contributed by atoms with E-state index < -0.39 is 12.1 Å². The van der Waals surface area contributed by atoms with E-state index in [0.717, 1.165) is 43.4 Å². The highest BCUT2D eigenvalue weighted by molar-refractivity contribution is 6.03. The van der Waals surface area contributed by atoms with Gasteiger partial charge in [-0.2, -0.15) is 18.3 Å². The van der Waals surface area contributed by atoms with Gasteiger partial charge in [-0.05, 0) is 55.0 Å². The van der Waals surface area contributed by atoms with Gasteiger partial charge < -0.3 is 10.4 Å². The van der Waals surface area contributed by atoms with Crippen molar-refractivity contribution in [2.75, 3.05) is 18.4 Å². The van der Waals surface area contributed by atoms with Crippen LogP contribution in [0.3, 0.4) is 0 Å². The number of nitrogens with zero attached hydrogens (tertiary/aromatic N) is 3. The maximum absolute atomic E-state index is 12.8. The Bertz CT molecular complexity index is 1070. The maximum Gasteiger partial charge on any atom is 0.490 e. The van der Waals surface area contributed by atoms with Crippen LogP contribution in [-0.2, 0) is 30.1 Å². The minimum Gasteiger partial charge on any atom is -0.475 e. The normalized spacial score (nSPS) is 16.9. The number of aryl methyl sites for hydroxylation is 1. The van der Waals surface area contributed by atoms with Gasteiger partial charge in [0.05, 0.1) is 5.69 Å². The Balaban J connectivity index is 0.000000429. The van der Waals surface area contributed by atoms with Crippen LogP contribution in [0.2, 0.25) is 0 Å². The number of carbonyl (C=O) groups is 2. The number of aromatic nitrogens is 2. The Kier molecular flexibility index (Phi) is 7.93. The summed E-state index contributed by atoms with van der Waals surface area (Å²) in [6, 6.07) is 9.10. The van der Waals surface area contributed by atoms with Crippen molar-refractivity contribution in [3.05, 3.63) is 46.8 Å². The first-order valence-corrected chi connectivity index (χ1v) is 11.8. The largest absolute Gasteiger partial charge is 0.490 e. The molecule has 10 heteroatoms. The molecule has 4 rings (SSSR count). The minimum absolute atomic E-state index is 0.0767. The van der Waals surface area contributed by atoms with Gasteiger partial charge in [0.2, 0.25) is 0 Å². The molecule has 1 aromatic heterocycles. The summed E-state index contributed by atoms with van der Waals surface area (Å²) in [4.78, 5) is 24.4. The monoisotopic (exact) mass is 494 g/mol. The van der Waals surface area contributed by atoms with Gasteiger partial charge in [-0.1, -0.05) is 33.3 Å². The fourth-order valence-electron chi connectivity index (χ4n) is 4.18. The third kappa shape index (κ3) is 6.84. The van der Waals surface area contributed by atoms with E-state index in [1.165, 1.54) is 30.4 Å². The fraction of sp³-hybridized carbons (Fsp3) is 0.560. The summed E-state index contributed by atoms with van der Waals surface area (Å²) in [6.07, 6.45) is 1.19. The molecule has 0 spiro atoms. The highest BCUT2D eigenvalue weighted by atomic mass is 19.4. The molecule has 0 unspecified atom stereocenters. The van der Waals surface area contributed by atoms with Crippen LogP contribution in [0.1, 0.15) is 67.3 Å². The summed E-state index contributed by atoms with van der Waals surface area (Å²) in [5, 5.41) is 14.7. The Morgan fingerprint density at radius 1 is 1.06 bits per heavy atom. The molecule has 2 aliphatic rings. The standard InChI is InChI=1S/C23H32N4O.C2HF3O2/c1-23(2,3)21-15-20(26(4)25-21)22(28)24-18-9-8-16-10-12-27(19-6-5-7-19)13-11-17(16)14-18;3-2(4,5)1(6)7/h8-9,14-15,19H,5-7,10-13H2,1-4H3,(H,24,28);(H,6,7). The van der Waals surface area contributed by atoms with E-state index in [0.29, 0.717) is 5.69 Å². The van der Waals surface area contributed by atoms with Crippen LogP contribution in [0.15, 0.2) is 24.3 Å². The second-order valence-electron chi connectivity index (χ2n) is 10.1. The lowest BCUT2D eigenvalue weighted by atomic mass is 9.91. The number of rotatable bonds is 3. The molecule has 2 heterocycles. The van der Waals surface area contributed by atoms with Crippen molar-refractivity contribution in [1.82, 2.24) is 14.7 Å². The summed E-state index contributed by atoms with van der Waals surface area (Å²) in [5.41, 5.74) is 5.12. The van der Waals surface area contributed by atoms with Crippen molar-refractivity contribution >= 4 is 17.6 Å². The summed E-state index contributed by atoms with van der Waals surface area (Å²) in [5.74, 6) is -2.86. The molecule has 2 aromatic rings. The Labute approximate surface area is 203 Å². The lowest BCUT2D eigenvalue weighted by molar-refractivity contribution is -0.192. The third-order valence-electron chi connectivity index (χ3n) is 6.52. The number of halogens is 3. The minimum atomic E-state index is -5.08. The van der Waals surface area contributed by atoms with Gasteiger partial charge in [0, 0.05) is 37.3 Å². The highest BCUT2D eigenvalue weighted by Crippen LogP contribution is 2.28. The molecule has 1 aliphatic heterocycles. The number of benzene rings is 1. The number of anilines is 1. The molecule has 7 nitrogen and oxygen atoms in total. The first kappa shape index (κ1) is 26.7. The molecule has 192 valence electrons. The Hall–Kier alpha value is -2.88. The summed E-state index contributed by atoms with van der Waals surface area (Å²) in [6.45, 7) is 8.61. The number of aliphatic carboxylic acids is 1. The predicted molar refractivity (Wildman–Crippen MR) is 127 cm³/mol. The van der Waals surface area contributed by atoms with Crippen molar-refractivity contribution in [1.29, 1.82) is 0 Å². The number of nitrogens with one attached hydrogen (secondary N) is 1. The van der Waals surface area contributed by atoms with E-state index in [9.17, 15) is 18.0 Å². The molecule has 1 aromatic carbocycles. The zero-order chi connectivity index (χ0) is 26.0. The molecule has 1 fully saturated rings. The molecule has 1 amide bonds. The quantitative estimate of drug-likeness (QED) is 0.654. The van der Waals surface area contributed by atoms with Gasteiger partial charge in [-0.3, -0.25) is 14.4 Å². The molecule has 0 saturated heterocycles. The number of carbonyl (C=O) groups excluding carboxylic acids is 1. The Morgan fingerprint density at radius 2 is 1.66 bits per heavy atom. The molecule has 2 N–H and O–H groups in total. The van der Waals surface area contributed by atoms with Crippen molar-refractivity contribution in [3.8, 4) is 0 Å². The molecular formula is C25H33F3N4O3. The highest BCUT2D eigenvalue weighted by Gasteiger charge is 2.38. The molecule has 35 heavy (non-hydrogen) atoms. The van der Waals surface area contributed by atoms with Gasteiger partial charge in [0.1, 0.15) is 5.69 Å². The lowest BCUT2D eigenvalue weighted by Crippen LogP contribution is -2.41. The summed E-state index contributed by atoms with van der Waals surface area (Å²) < 4.78 is 33.4. The zero-order valence-electron chi connectivity index (χ0n) is 20.6. The second-order valence-corrected chi connectivity index (χ2v) is 10.1. The number of carboxylic acids is 1. The molecule has 0 radical (unpaired) electrons. The van der Waals surface area contributed by atoms with Crippen LogP contribution in [0.25, 0.3) is 0 Å². The van der Waals surface area contributed by atoms with E-state index in [-0.39, 0.29) is 11.3 Å². The van der Waals surface area contributed by atoms with Crippen LogP contribution in [-0.4, -0.2) is 57.0 Å². The van der Waals surface area contributed by atoms with E-state index in [2.05, 4.69) is 48.2 Å². The average molecular weight is 495 g/mol. The van der Waals surface area contributed by atoms with Crippen LogP contribution in [0.4, 0.5) is 18.9 Å². The van der Waals surface area contributed by atoms with E-state index in [4.69, 9.17) is 9.90 Å². The molecule has 1 aliphatic carbocycles. The Morgan fingerprint density at radius 3 is 2.14 bits per heavy atom. The average Bonchev–Trinajstić information content (AvgIpc) is 3.00. The first-order valence-electron chi connectivity index (χ1n) is 11.8. The van der Waals surface area contributed by atoms with Gasteiger partial charge in [-0.25, -0.2) is 4.79 Å². The lowest BCUT2D eigenvalue weighted by Gasteiger charge is -2.36. The SMILES string of the molecule is Cn1nc(C(C)(C)C)cc1C(=O)Nc1ccc2c(c1)CCN(C1CCC1)CC2.O=C(O)C(F)(F)F. The molecule has 1 saturated carbocycles. The molecular weight excluding hydrogens is 461 g/mol. The van der Waals surface area contributed by atoms with Crippen LogP contribution in [0, 0.1) is 0 Å². The number of alkyl halides is 3. The summed E-state index contributed by atoms with van der Waals surface area (Å²) in [7, 11) is 1.83. The van der Waals surface area contributed by atoms with Gasteiger partial charge in [0.25, 0.3) is 5.91 Å². The second kappa shape index (κ2) is 10.4. The first-order chi connectivity index (χ1) is 16.3. The zero-order valence-corrected chi connectivity index (χ0v) is 20.6. The predicted octanol–water partition coefficient (Wildman–Crippen LogP) is 4.56. The van der Waals surface area contributed by atoms with Crippen molar-refractivity contribution < 1.29 is 27.9 Å². The number of amides is 1. The molecule has 0 atom stereocenters. The fourth-order valence-corrected chi connectivity index (χ4v) is 4.18. The van der Waals surface area contributed by atoms with Crippen molar-refractivity contribution in [3.63, 3.8) is 0 Å². The maximum atomic E-state index is 12.8. The van der Waals surface area contributed by atoms with Crippen LogP contribution < -0.4 is 5.32 Å². The summed E-state index contributed by atoms with van der Waals surface area (Å²) >= 11 is 0. The third-order valence-corrected chi connectivity index (χ3v) is 6.52. The number of hydrogen-bond acceptors (Lipinski definition) is 4. The van der Waals surface area contributed by atoms with Crippen molar-refractivity contribution in [2.45, 2.75) is 70.5 Å². The van der Waals surface area contributed by atoms with Gasteiger partial charge in [0.15, 0.2) is 0 Å². The smallest absolute Gasteiger partial charge is 0.475 e.